The Labute approximate surface area is 106 Å². The highest BCUT2D eigenvalue weighted by atomic mass is 32.1. The fourth-order valence-corrected chi connectivity index (χ4v) is 2.36. The Bertz CT molecular complexity index is 453. The van der Waals surface area contributed by atoms with Gasteiger partial charge in [0.05, 0.1) is 17.2 Å². The van der Waals surface area contributed by atoms with Crippen LogP contribution >= 0.6 is 11.3 Å². The van der Waals surface area contributed by atoms with E-state index in [1.807, 2.05) is 17.9 Å². The summed E-state index contributed by atoms with van der Waals surface area (Å²) in [7, 11) is 0. The van der Waals surface area contributed by atoms with Gasteiger partial charge in [-0.05, 0) is 31.0 Å². The molecule has 0 radical (unpaired) electrons. The van der Waals surface area contributed by atoms with E-state index in [0.29, 0.717) is 0 Å². The summed E-state index contributed by atoms with van der Waals surface area (Å²) in [5, 5.41) is 5.61. The summed E-state index contributed by atoms with van der Waals surface area (Å²) in [5.41, 5.74) is 5.32. The summed E-state index contributed by atoms with van der Waals surface area (Å²) in [6.45, 7) is 5.21. The van der Waals surface area contributed by atoms with Crippen LogP contribution in [0.3, 0.4) is 0 Å². The first kappa shape index (κ1) is 12.2. The molecule has 1 N–H and O–H groups in total. The van der Waals surface area contributed by atoms with Crippen LogP contribution in [0.25, 0.3) is 0 Å². The van der Waals surface area contributed by atoms with Crippen LogP contribution in [-0.4, -0.2) is 16.5 Å². The van der Waals surface area contributed by atoms with Gasteiger partial charge in [0.15, 0.2) is 0 Å². The van der Waals surface area contributed by atoms with Gasteiger partial charge in [-0.3, -0.25) is 4.98 Å². The summed E-state index contributed by atoms with van der Waals surface area (Å²) in [5.74, 6) is 0. The van der Waals surface area contributed by atoms with Crippen LogP contribution in [-0.2, 0) is 0 Å². The molecule has 2 aromatic rings. The predicted octanol–water partition coefficient (Wildman–Crippen LogP) is 2.94. The average Bonchev–Trinajstić information content (AvgIpc) is 2.83. The minimum absolute atomic E-state index is 0.161. The van der Waals surface area contributed by atoms with Crippen molar-refractivity contribution in [1.82, 2.24) is 15.3 Å². The lowest BCUT2D eigenvalue weighted by molar-refractivity contribution is 0.587. The number of hydrogen-bond donors (Lipinski definition) is 1. The number of rotatable bonds is 5. The molecule has 0 aliphatic rings. The SMILES string of the molecule is CCCNC(c1cncc(C)c1)c1cscn1. The normalized spacial score (nSPS) is 12.6. The maximum absolute atomic E-state index is 4.40. The Morgan fingerprint density at radius 1 is 1.41 bits per heavy atom. The summed E-state index contributed by atoms with van der Waals surface area (Å²) in [6.07, 6.45) is 4.90. The van der Waals surface area contributed by atoms with Crippen LogP contribution in [0.5, 0.6) is 0 Å². The van der Waals surface area contributed by atoms with E-state index in [9.17, 15) is 0 Å². The number of aromatic nitrogens is 2. The average molecular weight is 247 g/mol. The second kappa shape index (κ2) is 5.89. The minimum atomic E-state index is 0.161. The highest BCUT2D eigenvalue weighted by Crippen LogP contribution is 2.21. The van der Waals surface area contributed by atoms with Gasteiger partial charge in [0.1, 0.15) is 0 Å². The third-order valence-electron chi connectivity index (χ3n) is 2.58. The smallest absolute Gasteiger partial charge is 0.0795 e. The van der Waals surface area contributed by atoms with Gasteiger partial charge in [-0.25, -0.2) is 4.98 Å². The lowest BCUT2D eigenvalue weighted by atomic mass is 10.1. The van der Waals surface area contributed by atoms with Crippen LogP contribution in [0.2, 0.25) is 0 Å². The minimum Gasteiger partial charge on any atom is -0.305 e. The molecule has 1 atom stereocenters. The summed E-state index contributed by atoms with van der Waals surface area (Å²) < 4.78 is 0. The van der Waals surface area contributed by atoms with Crippen LogP contribution in [0, 0.1) is 6.92 Å². The first-order valence-electron chi connectivity index (χ1n) is 5.84. The van der Waals surface area contributed by atoms with Crippen molar-refractivity contribution in [1.29, 1.82) is 0 Å². The van der Waals surface area contributed by atoms with Gasteiger partial charge in [0.2, 0.25) is 0 Å². The molecule has 0 aromatic carbocycles. The van der Waals surface area contributed by atoms with E-state index in [-0.39, 0.29) is 6.04 Å². The molecule has 3 nitrogen and oxygen atoms in total. The molecule has 2 rings (SSSR count). The van der Waals surface area contributed by atoms with Crippen LogP contribution in [0.4, 0.5) is 0 Å². The number of aryl methyl sites for hydroxylation is 1. The first-order valence-corrected chi connectivity index (χ1v) is 6.78. The lowest BCUT2D eigenvalue weighted by Gasteiger charge is -2.17. The quantitative estimate of drug-likeness (QED) is 0.882. The zero-order chi connectivity index (χ0) is 12.1. The number of pyridine rings is 1. The van der Waals surface area contributed by atoms with Crippen molar-refractivity contribution in [2.24, 2.45) is 0 Å². The second-order valence-electron chi connectivity index (χ2n) is 4.10. The highest BCUT2D eigenvalue weighted by molar-refractivity contribution is 7.07. The van der Waals surface area contributed by atoms with Crippen molar-refractivity contribution in [3.63, 3.8) is 0 Å². The molecule has 2 heterocycles. The Morgan fingerprint density at radius 3 is 2.94 bits per heavy atom. The maximum atomic E-state index is 4.40. The van der Waals surface area contributed by atoms with Crippen LogP contribution in [0.1, 0.15) is 36.2 Å². The van der Waals surface area contributed by atoms with Crippen molar-refractivity contribution in [2.45, 2.75) is 26.3 Å². The van der Waals surface area contributed by atoms with E-state index in [1.54, 1.807) is 11.3 Å². The van der Waals surface area contributed by atoms with Gasteiger partial charge in [-0.1, -0.05) is 13.0 Å². The van der Waals surface area contributed by atoms with E-state index >= 15 is 0 Å². The molecular weight excluding hydrogens is 230 g/mol. The number of hydrogen-bond acceptors (Lipinski definition) is 4. The van der Waals surface area contributed by atoms with Crippen molar-refractivity contribution >= 4 is 11.3 Å². The van der Waals surface area contributed by atoms with Gasteiger partial charge in [0, 0.05) is 17.8 Å². The van der Waals surface area contributed by atoms with Gasteiger partial charge < -0.3 is 5.32 Å². The molecule has 0 spiro atoms. The Balaban J connectivity index is 2.27. The van der Waals surface area contributed by atoms with Gasteiger partial charge in [-0.15, -0.1) is 11.3 Å². The topological polar surface area (TPSA) is 37.8 Å². The van der Waals surface area contributed by atoms with Crippen molar-refractivity contribution in [3.05, 3.63) is 46.2 Å². The van der Waals surface area contributed by atoms with Crippen molar-refractivity contribution in [2.75, 3.05) is 6.54 Å². The molecule has 0 aliphatic heterocycles. The number of nitrogens with zero attached hydrogens (tertiary/aromatic N) is 2. The molecule has 1 unspecified atom stereocenters. The van der Waals surface area contributed by atoms with E-state index in [1.165, 1.54) is 11.1 Å². The molecule has 0 amide bonds. The van der Waals surface area contributed by atoms with E-state index in [4.69, 9.17) is 0 Å². The third kappa shape index (κ3) is 3.11. The Morgan fingerprint density at radius 2 is 2.29 bits per heavy atom. The van der Waals surface area contributed by atoms with Gasteiger partial charge >= 0.3 is 0 Å². The predicted molar refractivity (Wildman–Crippen MR) is 71.2 cm³/mol. The highest BCUT2D eigenvalue weighted by Gasteiger charge is 2.15. The number of nitrogens with one attached hydrogen (secondary N) is 1. The maximum Gasteiger partial charge on any atom is 0.0795 e. The van der Waals surface area contributed by atoms with Crippen molar-refractivity contribution in [3.8, 4) is 0 Å². The second-order valence-corrected chi connectivity index (χ2v) is 4.81. The van der Waals surface area contributed by atoms with Crippen LogP contribution in [0.15, 0.2) is 29.4 Å². The van der Waals surface area contributed by atoms with Crippen molar-refractivity contribution < 1.29 is 0 Å². The molecule has 0 saturated carbocycles. The zero-order valence-electron chi connectivity index (χ0n) is 10.2. The molecule has 2 aromatic heterocycles. The van der Waals surface area contributed by atoms with Crippen LogP contribution < -0.4 is 5.32 Å². The molecule has 0 bridgehead atoms. The first-order chi connectivity index (χ1) is 8.31. The molecule has 90 valence electrons. The molecule has 0 saturated heterocycles. The summed E-state index contributed by atoms with van der Waals surface area (Å²) in [6, 6.07) is 2.33. The van der Waals surface area contributed by atoms with Gasteiger partial charge in [-0.2, -0.15) is 0 Å². The third-order valence-corrected chi connectivity index (χ3v) is 3.18. The molecule has 17 heavy (non-hydrogen) atoms. The van der Waals surface area contributed by atoms with E-state index < -0.39 is 0 Å². The largest absolute Gasteiger partial charge is 0.305 e. The zero-order valence-corrected chi connectivity index (χ0v) is 11.0. The Hall–Kier alpha value is -1.26. The molecular formula is C13H17N3S. The molecule has 0 fully saturated rings. The molecule has 4 heteroatoms. The fraction of sp³-hybridized carbons (Fsp3) is 0.385. The summed E-state index contributed by atoms with van der Waals surface area (Å²) in [4.78, 5) is 8.66. The Kier molecular flexibility index (Phi) is 4.23. The fourth-order valence-electron chi connectivity index (χ4n) is 1.78. The van der Waals surface area contributed by atoms with E-state index in [0.717, 1.165) is 18.7 Å². The summed E-state index contributed by atoms with van der Waals surface area (Å²) >= 11 is 1.63. The van der Waals surface area contributed by atoms with Gasteiger partial charge in [0.25, 0.3) is 0 Å². The van der Waals surface area contributed by atoms with E-state index in [2.05, 4.69) is 40.6 Å². The lowest BCUT2D eigenvalue weighted by Crippen LogP contribution is -2.23. The standard InChI is InChI=1S/C13H17N3S/c1-3-4-15-13(12-8-17-9-16-12)11-5-10(2)6-14-7-11/h5-9,13,15H,3-4H2,1-2H3. The number of thiazole rings is 1. The molecule has 0 aliphatic carbocycles. The monoisotopic (exact) mass is 247 g/mol.